The van der Waals surface area contributed by atoms with E-state index in [-0.39, 0.29) is 16.6 Å². The zero-order chi connectivity index (χ0) is 23.9. The summed E-state index contributed by atoms with van der Waals surface area (Å²) in [6.07, 6.45) is 9.39. The summed E-state index contributed by atoms with van der Waals surface area (Å²) < 4.78 is 20.4. The fourth-order valence-corrected chi connectivity index (χ4v) is 3.70. The molecule has 2 aliphatic heterocycles. The maximum absolute atomic E-state index is 12.1. The molecule has 1 fully saturated rings. The van der Waals surface area contributed by atoms with Crippen LogP contribution < -0.4 is 5.11 Å². The van der Waals surface area contributed by atoms with Gasteiger partial charge in [0.15, 0.2) is 5.79 Å². The number of hydrogen-bond acceptors (Lipinski definition) is 8. The highest BCUT2D eigenvalue weighted by Gasteiger charge is 2.38. The van der Waals surface area contributed by atoms with Crippen LogP contribution in [-0.2, 0) is 33.3 Å². The van der Waals surface area contributed by atoms with Crippen molar-refractivity contribution >= 4 is 17.9 Å². The lowest BCUT2D eigenvalue weighted by Crippen LogP contribution is -2.41. The summed E-state index contributed by atoms with van der Waals surface area (Å²) >= 11 is 0. The van der Waals surface area contributed by atoms with Gasteiger partial charge in [0.1, 0.15) is 5.57 Å². The average molecular weight is 443 g/mol. The Bertz CT molecular complexity index is 993. The van der Waals surface area contributed by atoms with E-state index in [0.717, 1.165) is 11.1 Å². The molecule has 0 N–H and O–H groups in total. The Morgan fingerprint density at radius 1 is 0.781 bits per heavy atom. The van der Waals surface area contributed by atoms with Crippen LogP contribution in [0, 0.1) is 5.41 Å². The SMILES string of the molecule is CC1(C)CC(=CC=C2C(=O)OC(C)(C)OC2=O)C=C(C=CC2=C([O-])OC(C)(C)OC2=O)C1. The molecule has 0 amide bonds. The first kappa shape index (κ1) is 23.4. The molecule has 32 heavy (non-hydrogen) atoms. The van der Waals surface area contributed by atoms with Crippen LogP contribution in [0.15, 0.2) is 58.6 Å². The Kier molecular flexibility index (Phi) is 5.84. The smallest absolute Gasteiger partial charge is 0.348 e. The van der Waals surface area contributed by atoms with Crippen LogP contribution in [0.25, 0.3) is 0 Å². The Morgan fingerprint density at radius 3 is 1.94 bits per heavy atom. The van der Waals surface area contributed by atoms with E-state index in [1.54, 1.807) is 12.2 Å². The van der Waals surface area contributed by atoms with E-state index >= 15 is 0 Å². The van der Waals surface area contributed by atoms with Gasteiger partial charge in [-0.25, -0.2) is 14.4 Å². The van der Waals surface area contributed by atoms with Gasteiger partial charge in [-0.15, -0.1) is 0 Å². The second kappa shape index (κ2) is 8.00. The number of cyclic esters (lactones) is 3. The summed E-state index contributed by atoms with van der Waals surface area (Å²) in [5, 5.41) is 12.1. The zero-order valence-corrected chi connectivity index (χ0v) is 19.1. The van der Waals surface area contributed by atoms with Gasteiger partial charge >= 0.3 is 17.9 Å². The van der Waals surface area contributed by atoms with Crippen molar-refractivity contribution in [3.05, 3.63) is 58.6 Å². The standard InChI is InChI=1S/C24H28O8/c1-22(2)12-14(7-9-16-18(25)29-23(3,4)30-19(16)26)11-15(13-22)8-10-17-20(27)31-24(5,6)32-21(17)28/h7-11,25H,12-13H2,1-6H3/p-1. The van der Waals surface area contributed by atoms with Gasteiger partial charge in [-0.05, 0) is 55.4 Å². The van der Waals surface area contributed by atoms with Crippen LogP contribution in [0.4, 0.5) is 0 Å². The topological polar surface area (TPSA) is 111 Å². The Hall–Kier alpha value is -3.29. The number of carbonyl (C=O) groups is 3. The Labute approximate surface area is 186 Å². The average Bonchev–Trinajstić information content (AvgIpc) is 2.56. The van der Waals surface area contributed by atoms with E-state index in [1.807, 2.05) is 6.08 Å². The van der Waals surface area contributed by atoms with Gasteiger partial charge in [0, 0.05) is 13.8 Å². The minimum Gasteiger partial charge on any atom is -0.575 e. The summed E-state index contributed by atoms with van der Waals surface area (Å²) in [5.41, 5.74) is 1.22. The molecule has 0 bridgehead atoms. The molecule has 1 aliphatic carbocycles. The lowest BCUT2D eigenvalue weighted by atomic mass is 9.75. The van der Waals surface area contributed by atoms with Gasteiger partial charge < -0.3 is 24.1 Å². The number of carbonyl (C=O) groups excluding carboxylic acids is 3. The summed E-state index contributed by atoms with van der Waals surface area (Å²) in [4.78, 5) is 36.4. The minimum absolute atomic E-state index is 0.130. The third kappa shape index (κ3) is 5.49. The maximum atomic E-state index is 12.1. The second-order valence-electron chi connectivity index (χ2n) is 9.66. The minimum atomic E-state index is -1.29. The van der Waals surface area contributed by atoms with Crippen LogP contribution in [-0.4, -0.2) is 29.5 Å². The van der Waals surface area contributed by atoms with Crippen molar-refractivity contribution in [2.45, 2.75) is 66.0 Å². The first-order chi connectivity index (χ1) is 14.7. The number of hydrogen-bond donors (Lipinski definition) is 0. The Morgan fingerprint density at radius 2 is 1.34 bits per heavy atom. The van der Waals surface area contributed by atoms with E-state index < -0.39 is 35.4 Å². The van der Waals surface area contributed by atoms with Crippen molar-refractivity contribution in [3.8, 4) is 0 Å². The van der Waals surface area contributed by atoms with Gasteiger partial charge in [0.05, 0.1) is 11.5 Å². The lowest BCUT2D eigenvalue weighted by Gasteiger charge is -2.38. The normalized spacial score (nSPS) is 25.7. The predicted molar refractivity (Wildman–Crippen MR) is 111 cm³/mol. The molecular formula is C24H27O8-. The van der Waals surface area contributed by atoms with Gasteiger partial charge in [-0.1, -0.05) is 32.1 Å². The maximum Gasteiger partial charge on any atom is 0.348 e. The van der Waals surface area contributed by atoms with Crippen LogP contribution in [0.5, 0.6) is 0 Å². The molecule has 1 saturated heterocycles. The third-order valence-corrected chi connectivity index (χ3v) is 4.90. The van der Waals surface area contributed by atoms with Gasteiger partial charge in [-0.3, -0.25) is 0 Å². The van der Waals surface area contributed by atoms with E-state index in [4.69, 9.17) is 18.9 Å². The lowest BCUT2D eigenvalue weighted by molar-refractivity contribution is -0.393. The van der Waals surface area contributed by atoms with Crippen molar-refractivity contribution in [2.24, 2.45) is 5.41 Å². The summed E-state index contributed by atoms with van der Waals surface area (Å²) in [5.74, 6) is -5.55. The van der Waals surface area contributed by atoms with Crippen molar-refractivity contribution in [2.75, 3.05) is 0 Å². The second-order valence-corrected chi connectivity index (χ2v) is 9.66. The van der Waals surface area contributed by atoms with Gasteiger partial charge in [-0.2, -0.15) is 0 Å². The van der Waals surface area contributed by atoms with Crippen molar-refractivity contribution < 1.29 is 38.4 Å². The molecule has 0 spiro atoms. The molecule has 0 saturated carbocycles. The van der Waals surface area contributed by atoms with E-state index in [0.29, 0.717) is 12.8 Å². The van der Waals surface area contributed by atoms with Crippen molar-refractivity contribution in [3.63, 3.8) is 0 Å². The monoisotopic (exact) mass is 443 g/mol. The predicted octanol–water partition coefficient (Wildman–Crippen LogP) is 2.86. The summed E-state index contributed by atoms with van der Waals surface area (Å²) in [6, 6.07) is 0. The molecule has 0 unspecified atom stereocenters. The molecule has 3 aliphatic rings. The fourth-order valence-electron chi connectivity index (χ4n) is 3.70. The molecule has 2 heterocycles. The fraction of sp³-hybridized carbons (Fsp3) is 0.458. The summed E-state index contributed by atoms with van der Waals surface area (Å²) in [6.45, 7) is 10.1. The first-order valence-electron chi connectivity index (χ1n) is 10.3. The highest BCUT2D eigenvalue weighted by atomic mass is 16.8. The molecule has 0 aromatic carbocycles. The number of allylic oxidation sites excluding steroid dienone is 6. The molecule has 8 nitrogen and oxygen atoms in total. The van der Waals surface area contributed by atoms with E-state index in [1.165, 1.54) is 39.8 Å². The molecule has 0 aromatic heterocycles. The molecule has 0 radical (unpaired) electrons. The Balaban J connectivity index is 1.86. The largest absolute Gasteiger partial charge is 0.575 e. The van der Waals surface area contributed by atoms with E-state index in [2.05, 4.69) is 13.8 Å². The van der Waals surface area contributed by atoms with Crippen LogP contribution in [0.1, 0.15) is 54.4 Å². The highest BCUT2D eigenvalue weighted by molar-refractivity contribution is 6.15. The van der Waals surface area contributed by atoms with Crippen LogP contribution in [0.2, 0.25) is 0 Å². The summed E-state index contributed by atoms with van der Waals surface area (Å²) in [7, 11) is 0. The number of ether oxygens (including phenoxy) is 4. The third-order valence-electron chi connectivity index (χ3n) is 4.90. The van der Waals surface area contributed by atoms with Crippen molar-refractivity contribution in [1.29, 1.82) is 0 Å². The quantitative estimate of drug-likeness (QED) is 0.372. The molecule has 172 valence electrons. The molecular weight excluding hydrogens is 416 g/mol. The number of esters is 3. The van der Waals surface area contributed by atoms with Gasteiger partial charge in [0.25, 0.3) is 5.79 Å². The molecule has 0 atom stereocenters. The molecule has 8 heteroatoms. The van der Waals surface area contributed by atoms with Gasteiger partial charge in [0.2, 0.25) is 0 Å². The highest BCUT2D eigenvalue weighted by Crippen LogP contribution is 2.39. The first-order valence-corrected chi connectivity index (χ1v) is 10.3. The van der Waals surface area contributed by atoms with Crippen LogP contribution in [0.3, 0.4) is 0 Å². The van der Waals surface area contributed by atoms with Crippen molar-refractivity contribution in [1.82, 2.24) is 0 Å². The number of rotatable bonds is 3. The zero-order valence-electron chi connectivity index (χ0n) is 19.1. The van der Waals surface area contributed by atoms with Crippen LogP contribution >= 0.6 is 0 Å². The molecule has 3 rings (SSSR count). The van der Waals surface area contributed by atoms with E-state index in [9.17, 15) is 19.5 Å². The molecule has 0 aromatic rings.